The highest BCUT2D eigenvalue weighted by atomic mass is 16.1. The molecule has 1 fully saturated rings. The number of nitrogens with zero attached hydrogens (tertiary/aromatic N) is 3. The minimum Gasteiger partial charge on any atom is -0.317 e. The lowest BCUT2D eigenvalue weighted by molar-refractivity contribution is 0.192. The topological polar surface area (TPSA) is 49.6 Å². The van der Waals surface area contributed by atoms with E-state index in [1.54, 1.807) is 16.7 Å². The Balaban J connectivity index is 1.82. The van der Waals surface area contributed by atoms with Crippen molar-refractivity contribution in [1.82, 2.24) is 19.6 Å². The Morgan fingerprint density at radius 3 is 2.86 bits per heavy atom. The minimum atomic E-state index is 0.00353. The van der Waals surface area contributed by atoms with Crippen molar-refractivity contribution >= 4 is 5.65 Å². The zero-order chi connectivity index (χ0) is 14.8. The monoisotopic (exact) mass is 286 g/mol. The number of pyridine rings is 1. The molecule has 0 aromatic carbocycles. The van der Waals surface area contributed by atoms with Crippen LogP contribution in [-0.2, 0) is 6.54 Å². The Bertz CT molecular complexity index is 686. The first kappa shape index (κ1) is 14.2. The van der Waals surface area contributed by atoms with Gasteiger partial charge in [0, 0.05) is 37.9 Å². The van der Waals surface area contributed by atoms with Crippen molar-refractivity contribution in [3.05, 3.63) is 46.0 Å². The first-order valence-corrected chi connectivity index (χ1v) is 7.55. The number of aromatic nitrogens is 2. The molecule has 3 heterocycles. The summed E-state index contributed by atoms with van der Waals surface area (Å²) in [5.41, 5.74) is 2.68. The smallest absolute Gasteiger partial charge is 0.258 e. The molecule has 0 aliphatic carbocycles. The zero-order valence-corrected chi connectivity index (χ0v) is 12.7. The van der Waals surface area contributed by atoms with E-state index in [2.05, 4.69) is 15.2 Å². The summed E-state index contributed by atoms with van der Waals surface area (Å²) in [6.07, 6.45) is 4.09. The second-order valence-corrected chi connectivity index (χ2v) is 5.81. The Morgan fingerprint density at radius 2 is 2.14 bits per heavy atom. The molecule has 1 N–H and O–H groups in total. The second-order valence-electron chi connectivity index (χ2n) is 5.81. The van der Waals surface area contributed by atoms with Gasteiger partial charge in [0.1, 0.15) is 5.65 Å². The second kappa shape index (κ2) is 5.95. The van der Waals surface area contributed by atoms with Gasteiger partial charge in [0.2, 0.25) is 0 Å². The zero-order valence-electron chi connectivity index (χ0n) is 12.7. The summed E-state index contributed by atoms with van der Waals surface area (Å²) < 4.78 is 1.62. The number of piperidine rings is 1. The first-order chi connectivity index (χ1) is 10.2. The van der Waals surface area contributed by atoms with Gasteiger partial charge in [-0.3, -0.25) is 14.1 Å². The normalized spacial score (nSPS) is 17.4. The van der Waals surface area contributed by atoms with E-state index < -0.39 is 0 Å². The molecule has 1 saturated heterocycles. The number of hydrogen-bond acceptors (Lipinski definition) is 4. The highest BCUT2D eigenvalue weighted by Gasteiger charge is 2.18. The molecule has 0 amide bonds. The Morgan fingerprint density at radius 1 is 1.38 bits per heavy atom. The van der Waals surface area contributed by atoms with E-state index in [-0.39, 0.29) is 5.56 Å². The van der Waals surface area contributed by atoms with E-state index in [1.165, 1.54) is 0 Å². The summed E-state index contributed by atoms with van der Waals surface area (Å²) in [6.45, 7) is 4.86. The van der Waals surface area contributed by atoms with Crippen LogP contribution < -0.4 is 10.9 Å². The van der Waals surface area contributed by atoms with Crippen LogP contribution >= 0.6 is 0 Å². The fraction of sp³-hybridized carbons (Fsp3) is 0.500. The quantitative estimate of drug-likeness (QED) is 0.921. The van der Waals surface area contributed by atoms with Crippen molar-refractivity contribution in [3.8, 4) is 0 Å². The number of likely N-dealkylation sites (tertiary alicyclic amines) is 1. The van der Waals surface area contributed by atoms with Gasteiger partial charge in [-0.2, -0.15) is 0 Å². The summed E-state index contributed by atoms with van der Waals surface area (Å²) in [5.74, 6) is 0. The van der Waals surface area contributed by atoms with E-state index in [1.807, 2.05) is 26.1 Å². The molecule has 0 unspecified atom stereocenters. The number of aryl methyl sites for hydroxylation is 1. The SMILES string of the molecule is CNC1CCN(Cc2cc(=O)n3cccc(C)c3n2)CC1. The molecule has 1 aliphatic rings. The fourth-order valence-electron chi connectivity index (χ4n) is 3.00. The Hall–Kier alpha value is -1.72. The summed E-state index contributed by atoms with van der Waals surface area (Å²) in [4.78, 5) is 19.2. The molecule has 5 nitrogen and oxygen atoms in total. The van der Waals surface area contributed by atoms with Crippen molar-refractivity contribution in [2.75, 3.05) is 20.1 Å². The predicted octanol–water partition coefficient (Wildman–Crippen LogP) is 1.19. The summed E-state index contributed by atoms with van der Waals surface area (Å²) in [5, 5.41) is 3.33. The van der Waals surface area contributed by atoms with Gasteiger partial charge in [0.25, 0.3) is 5.56 Å². The number of rotatable bonds is 3. The molecular weight excluding hydrogens is 264 g/mol. The maximum atomic E-state index is 12.2. The first-order valence-electron chi connectivity index (χ1n) is 7.55. The molecule has 0 bridgehead atoms. The minimum absolute atomic E-state index is 0.00353. The standard InChI is InChI=1S/C16H22N4O/c1-12-4-3-7-20-15(21)10-14(18-16(12)20)11-19-8-5-13(17-2)6-9-19/h3-4,7,10,13,17H,5-6,8-9,11H2,1-2H3. The molecule has 112 valence electrons. The predicted molar refractivity (Wildman–Crippen MR) is 83.6 cm³/mol. The van der Waals surface area contributed by atoms with Crippen molar-refractivity contribution in [3.63, 3.8) is 0 Å². The molecule has 21 heavy (non-hydrogen) atoms. The summed E-state index contributed by atoms with van der Waals surface area (Å²) in [6, 6.07) is 6.16. The van der Waals surface area contributed by atoms with Gasteiger partial charge in [0.15, 0.2) is 0 Å². The maximum Gasteiger partial charge on any atom is 0.258 e. The molecule has 3 rings (SSSR count). The van der Waals surface area contributed by atoms with E-state index in [9.17, 15) is 4.79 Å². The third kappa shape index (κ3) is 2.99. The number of nitrogens with one attached hydrogen (secondary N) is 1. The molecule has 0 radical (unpaired) electrons. The molecule has 1 aliphatic heterocycles. The van der Waals surface area contributed by atoms with Crippen LogP contribution in [0, 0.1) is 6.92 Å². The van der Waals surface area contributed by atoms with Gasteiger partial charge >= 0.3 is 0 Å². The average molecular weight is 286 g/mol. The lowest BCUT2D eigenvalue weighted by Gasteiger charge is -2.31. The summed E-state index contributed by atoms with van der Waals surface area (Å²) >= 11 is 0. The molecule has 5 heteroatoms. The van der Waals surface area contributed by atoms with Gasteiger partial charge in [0.05, 0.1) is 5.69 Å². The third-order valence-electron chi connectivity index (χ3n) is 4.32. The average Bonchev–Trinajstić information content (AvgIpc) is 2.49. The van der Waals surface area contributed by atoms with Crippen LogP contribution in [0.1, 0.15) is 24.1 Å². The van der Waals surface area contributed by atoms with Crippen LogP contribution in [0.3, 0.4) is 0 Å². The van der Waals surface area contributed by atoms with Crippen LogP contribution in [0.5, 0.6) is 0 Å². The third-order valence-corrected chi connectivity index (χ3v) is 4.32. The van der Waals surface area contributed by atoms with Crippen molar-refractivity contribution in [2.24, 2.45) is 0 Å². The Labute approximate surface area is 124 Å². The van der Waals surface area contributed by atoms with Crippen molar-refractivity contribution in [2.45, 2.75) is 32.4 Å². The number of fused-ring (bicyclic) bond motifs is 1. The number of hydrogen-bond donors (Lipinski definition) is 1. The lowest BCUT2D eigenvalue weighted by atomic mass is 10.1. The van der Waals surface area contributed by atoms with Crippen LogP contribution in [0.15, 0.2) is 29.2 Å². The molecule has 0 spiro atoms. The van der Waals surface area contributed by atoms with Crippen LogP contribution in [-0.4, -0.2) is 40.5 Å². The molecule has 0 saturated carbocycles. The largest absolute Gasteiger partial charge is 0.317 e. The van der Waals surface area contributed by atoms with E-state index >= 15 is 0 Å². The van der Waals surface area contributed by atoms with Crippen molar-refractivity contribution in [1.29, 1.82) is 0 Å². The van der Waals surface area contributed by atoms with Gasteiger partial charge in [-0.1, -0.05) is 6.07 Å². The van der Waals surface area contributed by atoms with Crippen LogP contribution in [0.25, 0.3) is 5.65 Å². The lowest BCUT2D eigenvalue weighted by Crippen LogP contribution is -2.41. The fourth-order valence-corrected chi connectivity index (χ4v) is 3.00. The Kier molecular flexibility index (Phi) is 4.03. The summed E-state index contributed by atoms with van der Waals surface area (Å²) in [7, 11) is 2.02. The van der Waals surface area contributed by atoms with Crippen LogP contribution in [0.4, 0.5) is 0 Å². The van der Waals surface area contributed by atoms with E-state index in [4.69, 9.17) is 0 Å². The highest BCUT2D eigenvalue weighted by molar-refractivity contribution is 5.46. The van der Waals surface area contributed by atoms with Crippen LogP contribution in [0.2, 0.25) is 0 Å². The van der Waals surface area contributed by atoms with Gasteiger partial charge in [-0.15, -0.1) is 0 Å². The van der Waals surface area contributed by atoms with Gasteiger partial charge in [-0.25, -0.2) is 4.98 Å². The highest BCUT2D eigenvalue weighted by Crippen LogP contribution is 2.13. The van der Waals surface area contributed by atoms with Gasteiger partial charge in [-0.05, 0) is 38.4 Å². The van der Waals surface area contributed by atoms with Gasteiger partial charge < -0.3 is 5.32 Å². The van der Waals surface area contributed by atoms with E-state index in [0.29, 0.717) is 6.04 Å². The molecule has 0 atom stereocenters. The van der Waals surface area contributed by atoms with Crippen molar-refractivity contribution < 1.29 is 0 Å². The van der Waals surface area contributed by atoms with E-state index in [0.717, 1.165) is 49.4 Å². The molecular formula is C16H22N4O. The molecule has 2 aromatic heterocycles. The molecule has 2 aromatic rings. The maximum absolute atomic E-state index is 12.2.